The number of amides is 1. The lowest BCUT2D eigenvalue weighted by Crippen LogP contribution is -2.39. The van der Waals surface area contributed by atoms with Crippen LogP contribution in [0.15, 0.2) is 49.1 Å². The molecule has 0 saturated carbocycles. The second-order valence-corrected chi connectivity index (χ2v) is 8.54. The first-order valence-corrected chi connectivity index (χ1v) is 11.7. The number of pyridine rings is 2. The maximum absolute atomic E-state index is 12.7. The zero-order valence-corrected chi connectivity index (χ0v) is 20.8. The Morgan fingerprint density at radius 2 is 1.45 bits per heavy atom. The van der Waals surface area contributed by atoms with Crippen LogP contribution in [0, 0.1) is 5.92 Å². The number of aromatic nitrogens is 2. The highest BCUT2D eigenvalue weighted by Gasteiger charge is 2.39. The predicted molar refractivity (Wildman–Crippen MR) is 125 cm³/mol. The largest absolute Gasteiger partial charge is 0.490 e. The number of carbonyl (C=O) groups excluding carboxylic acids is 1. The number of nitrogens with zero attached hydrogens (tertiary/aromatic N) is 3. The molecule has 15 heteroatoms. The van der Waals surface area contributed by atoms with E-state index in [0.29, 0.717) is 19.8 Å². The van der Waals surface area contributed by atoms with E-state index in [1.807, 2.05) is 29.4 Å². The minimum atomic E-state index is -5.08. The zero-order valence-electron chi connectivity index (χ0n) is 20.8. The van der Waals surface area contributed by atoms with E-state index in [1.54, 1.807) is 12.4 Å². The lowest BCUT2D eigenvalue weighted by molar-refractivity contribution is -0.193. The molecule has 218 valence electrons. The van der Waals surface area contributed by atoms with Crippen molar-refractivity contribution in [2.45, 2.75) is 51.4 Å². The van der Waals surface area contributed by atoms with Crippen LogP contribution in [0.2, 0.25) is 0 Å². The average molecular weight is 577 g/mol. The summed E-state index contributed by atoms with van der Waals surface area (Å²) in [6.45, 7) is 2.55. The number of carbonyl (C=O) groups is 3. The number of carboxylic acids is 2. The van der Waals surface area contributed by atoms with Gasteiger partial charge in [-0.3, -0.25) is 14.8 Å². The minimum absolute atomic E-state index is 0.136. The molecule has 3 heterocycles. The number of carboxylic acid groups (broad SMARTS) is 2. The molecule has 1 aliphatic heterocycles. The van der Waals surface area contributed by atoms with E-state index < -0.39 is 24.3 Å². The van der Waals surface area contributed by atoms with E-state index in [9.17, 15) is 31.1 Å². The van der Waals surface area contributed by atoms with Crippen LogP contribution in [-0.2, 0) is 45.3 Å². The monoisotopic (exact) mass is 577 g/mol. The Hall–Kier alpha value is -4.01. The van der Waals surface area contributed by atoms with Gasteiger partial charge in [0.1, 0.15) is 0 Å². The van der Waals surface area contributed by atoms with E-state index in [4.69, 9.17) is 24.5 Å². The van der Waals surface area contributed by atoms with Crippen LogP contribution < -0.4 is 0 Å². The number of hydrogen-bond donors (Lipinski definition) is 2. The number of ether oxygens (including phenoxy) is 1. The molecule has 0 radical (unpaired) electrons. The van der Waals surface area contributed by atoms with Gasteiger partial charge in [-0.15, -0.1) is 0 Å². The van der Waals surface area contributed by atoms with Crippen molar-refractivity contribution in [2.24, 2.45) is 5.92 Å². The number of aliphatic carboxylic acids is 2. The molecule has 0 unspecified atom stereocenters. The molecule has 9 nitrogen and oxygen atoms in total. The van der Waals surface area contributed by atoms with Crippen LogP contribution in [0.4, 0.5) is 26.3 Å². The number of fused-ring (bicyclic) bond motifs is 1. The van der Waals surface area contributed by atoms with Crippen molar-refractivity contribution >= 4 is 17.8 Å². The quantitative estimate of drug-likeness (QED) is 0.397. The first-order valence-electron chi connectivity index (χ1n) is 11.7. The first-order chi connectivity index (χ1) is 18.7. The fourth-order valence-electron chi connectivity index (χ4n) is 3.72. The molecule has 2 N–H and O–H groups in total. The maximum atomic E-state index is 12.7. The molecule has 2 aliphatic rings. The van der Waals surface area contributed by atoms with Crippen molar-refractivity contribution in [1.29, 1.82) is 0 Å². The van der Waals surface area contributed by atoms with Gasteiger partial charge in [0.05, 0.1) is 13.2 Å². The van der Waals surface area contributed by atoms with E-state index in [1.165, 1.54) is 5.56 Å². The molecular weight excluding hydrogens is 552 g/mol. The van der Waals surface area contributed by atoms with Crippen molar-refractivity contribution in [1.82, 2.24) is 14.9 Å². The molecule has 1 aliphatic carbocycles. The Bertz CT molecular complexity index is 1160. The number of alkyl halides is 6. The number of rotatable bonds is 5. The molecule has 2 aromatic heterocycles. The fraction of sp³-hybridized carbons (Fsp3) is 0.400. The molecule has 0 spiro atoms. The van der Waals surface area contributed by atoms with Crippen LogP contribution in [0.25, 0.3) is 0 Å². The summed E-state index contributed by atoms with van der Waals surface area (Å²) in [5.41, 5.74) is 4.69. The molecule has 0 aromatic carbocycles. The topological polar surface area (TPSA) is 130 Å². The molecule has 2 aromatic rings. The van der Waals surface area contributed by atoms with Crippen molar-refractivity contribution in [3.05, 3.63) is 71.3 Å². The minimum Gasteiger partial charge on any atom is -0.475 e. The molecule has 0 bridgehead atoms. The summed E-state index contributed by atoms with van der Waals surface area (Å²) in [4.78, 5) is 40.8. The molecule has 0 saturated heterocycles. The summed E-state index contributed by atoms with van der Waals surface area (Å²) in [6, 6.07) is 3.92. The second-order valence-electron chi connectivity index (χ2n) is 8.54. The number of hydrogen-bond acceptors (Lipinski definition) is 6. The molecule has 1 amide bonds. The Morgan fingerprint density at radius 3 is 1.98 bits per heavy atom. The average Bonchev–Trinajstić information content (AvgIpc) is 3.43. The predicted octanol–water partition coefficient (Wildman–Crippen LogP) is 4.31. The van der Waals surface area contributed by atoms with E-state index in [2.05, 4.69) is 22.1 Å². The number of halogens is 6. The molecule has 40 heavy (non-hydrogen) atoms. The molecular formula is C25H25F6N3O6. The Morgan fingerprint density at radius 1 is 0.900 bits per heavy atom. The molecule has 0 fully saturated rings. The lowest BCUT2D eigenvalue weighted by Gasteiger charge is -2.31. The van der Waals surface area contributed by atoms with Crippen molar-refractivity contribution in [2.75, 3.05) is 6.54 Å². The summed E-state index contributed by atoms with van der Waals surface area (Å²) < 4.78 is 69.3. The third-order valence-electron chi connectivity index (χ3n) is 5.66. The summed E-state index contributed by atoms with van der Waals surface area (Å²) in [6.07, 6.45) is 4.02. The summed E-state index contributed by atoms with van der Waals surface area (Å²) in [7, 11) is 0. The normalized spacial score (nSPS) is 14.8. The van der Waals surface area contributed by atoms with Crippen LogP contribution in [0.3, 0.4) is 0 Å². The van der Waals surface area contributed by atoms with E-state index in [0.717, 1.165) is 42.5 Å². The molecule has 4 rings (SSSR count). The Balaban J connectivity index is 0.000000333. The van der Waals surface area contributed by atoms with Gasteiger partial charge in [0.25, 0.3) is 0 Å². The Labute approximate surface area is 224 Å². The third kappa shape index (κ3) is 10.3. The molecule has 0 atom stereocenters. The third-order valence-corrected chi connectivity index (χ3v) is 5.66. The SMILES string of the molecule is O=C(C1CC=CC1)N1CCc2c(COCc3ccncc3)cncc2C1.O=C(O)C(F)(F)F.O=C(O)C(F)(F)F. The van der Waals surface area contributed by atoms with Gasteiger partial charge in [-0.25, -0.2) is 9.59 Å². The van der Waals surface area contributed by atoms with Gasteiger partial charge in [0, 0.05) is 43.8 Å². The van der Waals surface area contributed by atoms with Crippen LogP contribution in [-0.4, -0.2) is 61.8 Å². The highest BCUT2D eigenvalue weighted by molar-refractivity contribution is 5.80. The summed E-state index contributed by atoms with van der Waals surface area (Å²) in [5.74, 6) is -5.10. The van der Waals surface area contributed by atoms with E-state index >= 15 is 0 Å². The van der Waals surface area contributed by atoms with Crippen LogP contribution in [0.1, 0.15) is 35.1 Å². The van der Waals surface area contributed by atoms with Gasteiger partial charge in [-0.05, 0) is 53.6 Å². The zero-order chi connectivity index (χ0) is 29.9. The van der Waals surface area contributed by atoms with Gasteiger partial charge in [0.15, 0.2) is 0 Å². The van der Waals surface area contributed by atoms with Crippen LogP contribution in [0.5, 0.6) is 0 Å². The van der Waals surface area contributed by atoms with Gasteiger partial charge in [-0.2, -0.15) is 26.3 Å². The highest BCUT2D eigenvalue weighted by Crippen LogP contribution is 2.27. The van der Waals surface area contributed by atoms with Gasteiger partial charge < -0.3 is 19.8 Å². The van der Waals surface area contributed by atoms with Crippen molar-refractivity contribution < 1.29 is 55.7 Å². The van der Waals surface area contributed by atoms with Crippen molar-refractivity contribution in [3.8, 4) is 0 Å². The van der Waals surface area contributed by atoms with Crippen molar-refractivity contribution in [3.63, 3.8) is 0 Å². The van der Waals surface area contributed by atoms with Gasteiger partial charge in [-0.1, -0.05) is 12.2 Å². The standard InChI is InChI=1S/C21H23N3O2.2C2HF3O2/c25-21(17-3-1-2-4-17)24-10-7-20-18(13-24)11-23-12-19(20)15-26-14-16-5-8-22-9-6-16;2*3-2(4,5)1(6)7/h1-2,5-6,8-9,11-12,17H,3-4,7,10,13-15H2;2*(H,6,7). The summed E-state index contributed by atoms with van der Waals surface area (Å²) >= 11 is 0. The fourth-order valence-corrected chi connectivity index (χ4v) is 3.72. The second kappa shape index (κ2) is 14.4. The lowest BCUT2D eigenvalue weighted by atomic mass is 9.96. The highest BCUT2D eigenvalue weighted by atomic mass is 19.4. The van der Waals surface area contributed by atoms with E-state index in [-0.39, 0.29) is 11.8 Å². The van der Waals surface area contributed by atoms with Crippen LogP contribution >= 0.6 is 0 Å². The number of allylic oxidation sites excluding steroid dienone is 2. The van der Waals surface area contributed by atoms with Gasteiger partial charge >= 0.3 is 24.3 Å². The first kappa shape index (κ1) is 32.2. The maximum Gasteiger partial charge on any atom is 0.490 e. The smallest absolute Gasteiger partial charge is 0.475 e. The Kier molecular flexibility index (Phi) is 11.6. The van der Waals surface area contributed by atoms with Gasteiger partial charge in [0.2, 0.25) is 5.91 Å². The summed E-state index contributed by atoms with van der Waals surface area (Å²) in [5, 5.41) is 14.2.